The Morgan fingerprint density at radius 1 is 0.289 bits per heavy atom. The molecule has 0 fully saturated rings. The fraction of sp³-hybridized carbons (Fsp3) is 1.00. The van der Waals surface area contributed by atoms with Crippen molar-refractivity contribution >= 4 is 45.5 Å². The van der Waals surface area contributed by atoms with E-state index in [-0.39, 0.29) is 33.6 Å². The van der Waals surface area contributed by atoms with Crippen molar-refractivity contribution in [3.8, 4) is 0 Å². The van der Waals surface area contributed by atoms with Gasteiger partial charge in [0.25, 0.3) is 0 Å². The van der Waals surface area contributed by atoms with Crippen molar-refractivity contribution < 1.29 is 17.1 Å². The van der Waals surface area contributed by atoms with Crippen LogP contribution >= 0.6 is 0 Å². The zero-order valence-corrected chi connectivity index (χ0v) is 35.4. The standard InChI is InChI=1S/6C5H11O.2In/c6*1-4-5(2,3)6;;/h6*4H2,1-3H3;;/q6*-1;2*+3. The predicted molar refractivity (Wildman–Crippen MR) is 164 cm³/mol. The van der Waals surface area contributed by atoms with Gasteiger partial charge >= 0.3 is 259 Å². The second-order valence-electron chi connectivity index (χ2n) is 14.0. The van der Waals surface area contributed by atoms with Gasteiger partial charge in [0.1, 0.15) is 0 Å². The molecule has 0 saturated carbocycles. The molecule has 0 radical (unpaired) electrons. The van der Waals surface area contributed by atoms with E-state index in [2.05, 4.69) is 125 Å². The SMILES string of the molecule is CCC(C)(C)[O][In]([O]C(C)(C)CC)[O]C(C)(C)CC.CCC(C)(C)[O][In]([O]C(C)(C)CC)[O]C(C)(C)CC. The molecule has 0 bridgehead atoms. The van der Waals surface area contributed by atoms with E-state index in [1.807, 2.05) is 0 Å². The third kappa shape index (κ3) is 20.4. The summed E-state index contributed by atoms with van der Waals surface area (Å²) in [5.41, 5.74) is -0.950. The monoisotopic (exact) mass is 752 g/mol. The fourth-order valence-corrected chi connectivity index (χ4v) is 14.8. The van der Waals surface area contributed by atoms with E-state index in [0.717, 1.165) is 38.5 Å². The fourth-order valence-electron chi connectivity index (χ4n) is 2.21. The Balaban J connectivity index is 0. The molecule has 0 aromatic rings. The van der Waals surface area contributed by atoms with Gasteiger partial charge in [-0.1, -0.05) is 0 Å². The quantitative estimate of drug-likeness (QED) is 0.139. The van der Waals surface area contributed by atoms with E-state index >= 15 is 0 Å². The Morgan fingerprint density at radius 2 is 0.395 bits per heavy atom. The van der Waals surface area contributed by atoms with Gasteiger partial charge in [0.2, 0.25) is 0 Å². The topological polar surface area (TPSA) is 55.4 Å². The van der Waals surface area contributed by atoms with Crippen LogP contribution in [0.4, 0.5) is 0 Å². The van der Waals surface area contributed by atoms with Crippen LogP contribution < -0.4 is 0 Å². The first-order valence-corrected chi connectivity index (χ1v) is 23.1. The molecule has 0 N–H and O–H groups in total. The van der Waals surface area contributed by atoms with E-state index in [4.69, 9.17) is 17.1 Å². The van der Waals surface area contributed by atoms with Gasteiger partial charge < -0.3 is 0 Å². The van der Waals surface area contributed by atoms with Crippen molar-refractivity contribution in [3.05, 3.63) is 0 Å². The van der Waals surface area contributed by atoms with Gasteiger partial charge in [0.15, 0.2) is 0 Å². The van der Waals surface area contributed by atoms with Crippen molar-refractivity contribution in [2.45, 2.75) is 197 Å². The van der Waals surface area contributed by atoms with Gasteiger partial charge in [-0.05, 0) is 0 Å². The molecule has 0 spiro atoms. The molecule has 0 aliphatic carbocycles. The third-order valence-corrected chi connectivity index (χ3v) is 21.8. The summed E-state index contributed by atoms with van der Waals surface area (Å²) in [6.45, 7) is 38.2. The van der Waals surface area contributed by atoms with Crippen LogP contribution in [0.2, 0.25) is 0 Å². The molecule has 228 valence electrons. The molecule has 8 heteroatoms. The van der Waals surface area contributed by atoms with Crippen LogP contribution in [0.1, 0.15) is 163 Å². The van der Waals surface area contributed by atoms with Crippen LogP contribution in [-0.4, -0.2) is 79.1 Å². The van der Waals surface area contributed by atoms with E-state index in [0.29, 0.717) is 0 Å². The number of hydrogen-bond donors (Lipinski definition) is 0. The predicted octanol–water partition coefficient (Wildman–Crippen LogP) is 9.17. The second kappa shape index (κ2) is 17.6. The Bertz CT molecular complexity index is 493. The van der Waals surface area contributed by atoms with E-state index in [9.17, 15) is 0 Å². The van der Waals surface area contributed by atoms with Gasteiger partial charge in [-0.2, -0.15) is 0 Å². The van der Waals surface area contributed by atoms with E-state index in [1.54, 1.807) is 0 Å². The summed E-state index contributed by atoms with van der Waals surface area (Å²) in [4.78, 5) is 0. The van der Waals surface area contributed by atoms with Crippen LogP contribution in [0.5, 0.6) is 0 Å². The molecule has 0 atom stereocenters. The van der Waals surface area contributed by atoms with Crippen LogP contribution in [0.3, 0.4) is 0 Å². The zero-order valence-electron chi connectivity index (χ0n) is 28.8. The molecule has 0 amide bonds. The summed E-state index contributed by atoms with van der Waals surface area (Å²) in [6, 6.07) is 0. The molecule has 0 rings (SSSR count). The first-order chi connectivity index (χ1) is 16.9. The van der Waals surface area contributed by atoms with Crippen molar-refractivity contribution in [1.82, 2.24) is 0 Å². The molecule has 38 heavy (non-hydrogen) atoms. The Morgan fingerprint density at radius 3 is 0.474 bits per heavy atom. The average molecular weight is 752 g/mol. The van der Waals surface area contributed by atoms with E-state index < -0.39 is 45.5 Å². The summed E-state index contributed by atoms with van der Waals surface area (Å²) in [5, 5.41) is 0. The van der Waals surface area contributed by atoms with Crippen LogP contribution in [-0.2, 0) is 17.1 Å². The summed E-state index contributed by atoms with van der Waals surface area (Å²) in [7, 11) is 0. The molecule has 0 saturated heterocycles. The number of rotatable bonds is 18. The Labute approximate surface area is 257 Å². The molecule has 0 aromatic carbocycles. The molecule has 0 aliphatic rings. The molecule has 0 heterocycles. The zero-order chi connectivity index (χ0) is 30.6. The average Bonchev–Trinajstić information content (AvgIpc) is 2.77. The summed E-state index contributed by atoms with van der Waals surface area (Å²) >= 11 is -5.90. The molecule has 6 nitrogen and oxygen atoms in total. The van der Waals surface area contributed by atoms with E-state index in [1.165, 1.54) is 0 Å². The molecule has 0 unspecified atom stereocenters. The van der Waals surface area contributed by atoms with Crippen LogP contribution in [0.25, 0.3) is 0 Å². The Kier molecular flexibility index (Phi) is 19.3. The Hall–Kier alpha value is 1.50. The van der Waals surface area contributed by atoms with Crippen molar-refractivity contribution in [3.63, 3.8) is 0 Å². The normalized spacial score (nSPS) is 13.7. The summed E-state index contributed by atoms with van der Waals surface area (Å²) in [6.07, 6.45) is 5.79. The van der Waals surface area contributed by atoms with Crippen molar-refractivity contribution in [1.29, 1.82) is 0 Å². The third-order valence-electron chi connectivity index (χ3n) is 7.60. The minimum absolute atomic E-state index is 0.158. The minimum atomic E-state index is -2.95. The number of hydrogen-bond acceptors (Lipinski definition) is 6. The second-order valence-corrected chi connectivity index (χ2v) is 21.3. The van der Waals surface area contributed by atoms with Gasteiger partial charge in [-0.3, -0.25) is 0 Å². The van der Waals surface area contributed by atoms with Gasteiger partial charge in [-0.25, -0.2) is 0 Å². The molecular formula is C30H66In2O6. The van der Waals surface area contributed by atoms with Crippen molar-refractivity contribution in [2.24, 2.45) is 0 Å². The van der Waals surface area contributed by atoms with Gasteiger partial charge in [0.05, 0.1) is 0 Å². The van der Waals surface area contributed by atoms with Gasteiger partial charge in [0, 0.05) is 0 Å². The summed E-state index contributed by atoms with van der Waals surface area (Å²) in [5.74, 6) is 0. The first kappa shape index (κ1) is 41.6. The molecule has 0 aromatic heterocycles. The first-order valence-electron chi connectivity index (χ1n) is 15.0. The maximum absolute atomic E-state index is 6.23. The molecular weight excluding hydrogens is 686 g/mol. The maximum atomic E-state index is 6.23. The van der Waals surface area contributed by atoms with Crippen LogP contribution in [0, 0.1) is 0 Å². The molecule has 0 aliphatic heterocycles. The van der Waals surface area contributed by atoms with Crippen molar-refractivity contribution in [2.75, 3.05) is 0 Å². The summed E-state index contributed by atoms with van der Waals surface area (Å²) < 4.78 is 37.4. The van der Waals surface area contributed by atoms with Crippen LogP contribution in [0.15, 0.2) is 0 Å². The van der Waals surface area contributed by atoms with Gasteiger partial charge in [-0.15, -0.1) is 0 Å².